The van der Waals surface area contributed by atoms with Crippen molar-refractivity contribution < 1.29 is 14.6 Å². The van der Waals surface area contributed by atoms with E-state index in [0.717, 1.165) is 23.3 Å². The lowest BCUT2D eigenvalue weighted by Gasteiger charge is -2.17. The van der Waals surface area contributed by atoms with Crippen LogP contribution in [0.25, 0.3) is 21.9 Å². The molecule has 4 rings (SSSR count). The Kier molecular flexibility index (Phi) is 5.34. The second kappa shape index (κ2) is 7.95. The van der Waals surface area contributed by atoms with Crippen molar-refractivity contribution in [3.8, 4) is 11.5 Å². The number of likely N-dealkylation sites (tertiary alicyclic amines) is 1. The normalized spacial score (nSPS) is 14.5. The molecule has 0 radical (unpaired) electrons. The van der Waals surface area contributed by atoms with Gasteiger partial charge < -0.3 is 19.7 Å². The molecule has 1 aliphatic rings. The Morgan fingerprint density at radius 1 is 1.30 bits per heavy atom. The zero-order valence-corrected chi connectivity index (χ0v) is 17.9. The number of aromatic amines is 1. The molecule has 30 heavy (non-hydrogen) atoms. The molecule has 2 aromatic heterocycles. The number of nitrogens with zero attached hydrogens (tertiary/aromatic N) is 2. The fourth-order valence-electron chi connectivity index (χ4n) is 3.65. The Balaban J connectivity index is 1.88. The molecule has 0 spiro atoms. The fourth-order valence-corrected chi connectivity index (χ4v) is 4.68. The quantitative estimate of drug-likeness (QED) is 0.624. The van der Waals surface area contributed by atoms with Crippen molar-refractivity contribution in [2.45, 2.75) is 26.7 Å². The molecule has 3 aromatic rings. The van der Waals surface area contributed by atoms with E-state index in [0.29, 0.717) is 40.2 Å². The topological polar surface area (TPSA) is 95.5 Å². The number of amides is 1. The van der Waals surface area contributed by atoms with E-state index in [-0.39, 0.29) is 23.0 Å². The number of thiophene rings is 1. The predicted molar refractivity (Wildman–Crippen MR) is 118 cm³/mol. The van der Waals surface area contributed by atoms with Gasteiger partial charge in [-0.3, -0.25) is 9.59 Å². The molecule has 7 nitrogen and oxygen atoms in total. The molecule has 156 valence electrons. The standard InChI is InChI=1S/C22H23N3O4S/c1-12-13(2)30-21-18(12)20(27)23-19(24-21)15(22(28)25-8-4-5-9-25)10-14-6-7-16(26)17(11-14)29-3/h6-7,10-11,26H,4-5,8-9H2,1-3H3,(H,23,24,27). The highest BCUT2D eigenvalue weighted by Gasteiger charge is 2.25. The molecule has 0 aliphatic carbocycles. The lowest BCUT2D eigenvalue weighted by molar-refractivity contribution is -0.123. The third-order valence-electron chi connectivity index (χ3n) is 5.43. The first kappa shape index (κ1) is 20.2. The van der Waals surface area contributed by atoms with Crippen LogP contribution in [0.4, 0.5) is 0 Å². The number of hydrogen-bond donors (Lipinski definition) is 2. The minimum atomic E-state index is -0.250. The van der Waals surface area contributed by atoms with Crippen LogP contribution in [-0.2, 0) is 4.79 Å². The van der Waals surface area contributed by atoms with Crippen molar-refractivity contribution in [1.82, 2.24) is 14.9 Å². The number of benzene rings is 1. The zero-order valence-electron chi connectivity index (χ0n) is 17.1. The Morgan fingerprint density at radius 3 is 2.73 bits per heavy atom. The minimum absolute atomic E-state index is 0.0135. The Hall–Kier alpha value is -3.13. The molecular formula is C22H23N3O4S. The fraction of sp³-hybridized carbons (Fsp3) is 0.318. The van der Waals surface area contributed by atoms with E-state index in [4.69, 9.17) is 4.74 Å². The van der Waals surface area contributed by atoms with Gasteiger partial charge in [0.1, 0.15) is 10.7 Å². The van der Waals surface area contributed by atoms with E-state index in [9.17, 15) is 14.7 Å². The summed E-state index contributed by atoms with van der Waals surface area (Å²) in [4.78, 5) is 37.0. The molecule has 0 bridgehead atoms. The summed E-state index contributed by atoms with van der Waals surface area (Å²) in [7, 11) is 1.47. The molecule has 1 amide bonds. The van der Waals surface area contributed by atoms with Gasteiger partial charge in [-0.2, -0.15) is 0 Å². The second-order valence-corrected chi connectivity index (χ2v) is 8.57. The monoisotopic (exact) mass is 425 g/mol. The molecule has 1 fully saturated rings. The Bertz CT molecular complexity index is 1220. The van der Waals surface area contributed by atoms with Gasteiger partial charge in [-0.1, -0.05) is 6.07 Å². The van der Waals surface area contributed by atoms with E-state index in [1.807, 2.05) is 13.8 Å². The van der Waals surface area contributed by atoms with E-state index < -0.39 is 0 Å². The number of aromatic hydroxyl groups is 1. The minimum Gasteiger partial charge on any atom is -0.504 e. The molecule has 1 aromatic carbocycles. The number of phenols is 1. The van der Waals surface area contributed by atoms with Crippen molar-refractivity contribution in [2.24, 2.45) is 0 Å². The van der Waals surface area contributed by atoms with Crippen molar-refractivity contribution in [1.29, 1.82) is 0 Å². The van der Waals surface area contributed by atoms with Crippen molar-refractivity contribution in [3.63, 3.8) is 0 Å². The maximum atomic E-state index is 13.3. The van der Waals surface area contributed by atoms with Crippen LogP contribution >= 0.6 is 11.3 Å². The summed E-state index contributed by atoms with van der Waals surface area (Å²) in [5.74, 6) is 0.391. The van der Waals surface area contributed by atoms with Gasteiger partial charge in [0.05, 0.1) is 18.1 Å². The first-order chi connectivity index (χ1) is 14.4. The Morgan fingerprint density at radius 2 is 2.03 bits per heavy atom. The summed E-state index contributed by atoms with van der Waals surface area (Å²) in [6.45, 7) is 5.22. The number of rotatable bonds is 4. The van der Waals surface area contributed by atoms with Crippen LogP contribution in [0.2, 0.25) is 0 Å². The number of fused-ring (bicyclic) bond motifs is 1. The number of ether oxygens (including phenoxy) is 1. The molecule has 0 saturated carbocycles. The number of phenolic OH excluding ortho intramolecular Hbond substituents is 1. The van der Waals surface area contributed by atoms with Gasteiger partial charge in [-0.25, -0.2) is 4.98 Å². The number of carbonyl (C=O) groups excluding carboxylic acids is 1. The summed E-state index contributed by atoms with van der Waals surface area (Å²) >= 11 is 1.45. The molecule has 0 unspecified atom stereocenters. The summed E-state index contributed by atoms with van der Waals surface area (Å²) in [5, 5.41) is 10.4. The predicted octanol–water partition coefficient (Wildman–Crippen LogP) is 3.48. The lowest BCUT2D eigenvalue weighted by Crippen LogP contribution is -2.29. The van der Waals surface area contributed by atoms with Gasteiger partial charge in [0.2, 0.25) is 0 Å². The average Bonchev–Trinajstić information content (AvgIpc) is 3.35. The first-order valence-corrected chi connectivity index (χ1v) is 10.6. The molecule has 3 heterocycles. The highest BCUT2D eigenvalue weighted by atomic mass is 32.1. The number of hydrogen-bond acceptors (Lipinski definition) is 6. The van der Waals surface area contributed by atoms with Crippen molar-refractivity contribution in [3.05, 3.63) is 50.4 Å². The van der Waals surface area contributed by atoms with Crippen LogP contribution in [0.3, 0.4) is 0 Å². The van der Waals surface area contributed by atoms with E-state index in [2.05, 4.69) is 9.97 Å². The van der Waals surface area contributed by atoms with Crippen LogP contribution < -0.4 is 10.3 Å². The van der Waals surface area contributed by atoms with Crippen molar-refractivity contribution >= 4 is 39.1 Å². The van der Waals surface area contributed by atoms with E-state index in [1.165, 1.54) is 24.5 Å². The largest absolute Gasteiger partial charge is 0.504 e. The number of H-pyrrole nitrogens is 1. The first-order valence-electron chi connectivity index (χ1n) is 9.77. The summed E-state index contributed by atoms with van der Waals surface area (Å²) in [6.07, 6.45) is 3.59. The SMILES string of the molecule is COc1cc(C=C(C(=O)N2CCCC2)c2nc3sc(C)c(C)c3c(=O)[nH]2)ccc1O. The molecule has 2 N–H and O–H groups in total. The number of aromatic nitrogens is 2. The van der Waals surface area contributed by atoms with Crippen LogP contribution in [0.15, 0.2) is 23.0 Å². The third kappa shape index (κ3) is 3.59. The van der Waals surface area contributed by atoms with Crippen molar-refractivity contribution in [2.75, 3.05) is 20.2 Å². The highest BCUT2D eigenvalue weighted by Crippen LogP contribution is 2.30. The number of methoxy groups -OCH3 is 1. The number of carbonyl (C=O) groups is 1. The third-order valence-corrected chi connectivity index (χ3v) is 6.53. The average molecular weight is 426 g/mol. The summed E-state index contributed by atoms with van der Waals surface area (Å²) < 4.78 is 5.18. The van der Waals surface area contributed by atoms with Crippen LogP contribution in [-0.4, -0.2) is 46.1 Å². The second-order valence-electron chi connectivity index (χ2n) is 7.37. The number of aryl methyl sites for hydroxylation is 2. The highest BCUT2D eigenvalue weighted by molar-refractivity contribution is 7.18. The molecule has 1 saturated heterocycles. The van der Waals surface area contributed by atoms with E-state index in [1.54, 1.807) is 23.1 Å². The van der Waals surface area contributed by atoms with Gasteiger partial charge in [-0.05, 0) is 56.0 Å². The van der Waals surface area contributed by atoms with Crippen LogP contribution in [0, 0.1) is 13.8 Å². The molecule has 8 heteroatoms. The summed E-state index contributed by atoms with van der Waals surface area (Å²) in [6, 6.07) is 4.84. The van der Waals surface area contributed by atoms with E-state index >= 15 is 0 Å². The summed E-state index contributed by atoms with van der Waals surface area (Å²) in [5.41, 5.74) is 1.64. The molecular weight excluding hydrogens is 402 g/mol. The van der Waals surface area contributed by atoms with Gasteiger partial charge in [0.25, 0.3) is 11.5 Å². The lowest BCUT2D eigenvalue weighted by atomic mass is 10.1. The molecule has 1 aliphatic heterocycles. The maximum Gasteiger partial charge on any atom is 0.260 e. The Labute approximate surface area is 177 Å². The maximum absolute atomic E-state index is 13.3. The molecule has 0 atom stereocenters. The van der Waals surface area contributed by atoms with Gasteiger partial charge in [0, 0.05) is 18.0 Å². The van der Waals surface area contributed by atoms with Gasteiger partial charge in [-0.15, -0.1) is 11.3 Å². The number of nitrogens with one attached hydrogen (secondary N) is 1. The van der Waals surface area contributed by atoms with Gasteiger partial charge in [0.15, 0.2) is 11.5 Å². The van der Waals surface area contributed by atoms with Gasteiger partial charge >= 0.3 is 0 Å². The van der Waals surface area contributed by atoms with Crippen LogP contribution in [0.1, 0.15) is 34.7 Å². The smallest absolute Gasteiger partial charge is 0.260 e. The zero-order chi connectivity index (χ0) is 21.4. The van der Waals surface area contributed by atoms with Crippen LogP contribution in [0.5, 0.6) is 11.5 Å².